The summed E-state index contributed by atoms with van der Waals surface area (Å²) in [4.78, 5) is 26.0. The van der Waals surface area contributed by atoms with E-state index in [2.05, 4.69) is 5.32 Å². The minimum atomic E-state index is -0.866. The van der Waals surface area contributed by atoms with E-state index < -0.39 is 11.5 Å². The summed E-state index contributed by atoms with van der Waals surface area (Å²) in [5.74, 6) is -0.393. The number of carbonyl (C=O) groups is 2. The van der Waals surface area contributed by atoms with Gasteiger partial charge in [0.05, 0.1) is 10.4 Å². The lowest BCUT2D eigenvalue weighted by molar-refractivity contribution is -0.137. The Bertz CT molecular complexity index is 354. The van der Waals surface area contributed by atoms with Crippen LogP contribution in [0.2, 0.25) is 0 Å². The molecule has 0 fully saturated rings. The van der Waals surface area contributed by atoms with Crippen molar-refractivity contribution in [3.63, 3.8) is 0 Å². The number of amides is 2. The molecule has 0 saturated carbocycles. The zero-order valence-electron chi connectivity index (χ0n) is 12.4. The Hall–Kier alpha value is -1.17. The summed E-state index contributed by atoms with van der Waals surface area (Å²) in [5, 5.41) is 2.72. The first kappa shape index (κ1) is 17.8. The predicted octanol–water partition coefficient (Wildman–Crippen LogP) is 1.06. The number of likely N-dealkylation sites (N-methyl/N-ethyl adjacent to an activating group) is 1. The topological polar surface area (TPSA) is 75.4 Å². The highest BCUT2D eigenvalue weighted by atomic mass is 32.1. The highest BCUT2D eigenvalue weighted by Crippen LogP contribution is 2.27. The van der Waals surface area contributed by atoms with E-state index in [-0.39, 0.29) is 16.8 Å². The van der Waals surface area contributed by atoms with E-state index in [1.54, 1.807) is 18.9 Å². The molecule has 0 heterocycles. The number of nitrogens with one attached hydrogen (secondary N) is 1. The summed E-state index contributed by atoms with van der Waals surface area (Å²) in [6.07, 6.45) is 1.05. The van der Waals surface area contributed by atoms with Gasteiger partial charge in [0.1, 0.15) is 6.04 Å². The molecule has 5 nitrogen and oxygen atoms in total. The van der Waals surface area contributed by atoms with Crippen LogP contribution in [0.5, 0.6) is 0 Å². The predicted molar refractivity (Wildman–Crippen MR) is 80.7 cm³/mol. The summed E-state index contributed by atoms with van der Waals surface area (Å²) in [6.45, 7) is 7.88. The molecule has 6 heteroatoms. The molecule has 0 aliphatic carbocycles. The van der Waals surface area contributed by atoms with Crippen molar-refractivity contribution in [1.82, 2.24) is 10.2 Å². The lowest BCUT2D eigenvalue weighted by Gasteiger charge is -2.31. The average molecular weight is 287 g/mol. The van der Waals surface area contributed by atoms with Crippen LogP contribution in [0.25, 0.3) is 0 Å². The van der Waals surface area contributed by atoms with Gasteiger partial charge in [-0.25, -0.2) is 0 Å². The summed E-state index contributed by atoms with van der Waals surface area (Å²) in [6, 6.07) is -0.579. The summed E-state index contributed by atoms with van der Waals surface area (Å²) >= 11 is 5.02. The molecule has 1 atom stereocenters. The molecule has 0 bridgehead atoms. The molecule has 0 aromatic heterocycles. The highest BCUT2D eigenvalue weighted by molar-refractivity contribution is 7.80. The molecule has 0 saturated heterocycles. The molecule has 110 valence electrons. The quantitative estimate of drug-likeness (QED) is 0.687. The fourth-order valence-electron chi connectivity index (χ4n) is 1.91. The molecule has 0 rings (SSSR count). The fourth-order valence-corrected chi connectivity index (χ4v) is 2.30. The third-order valence-corrected chi connectivity index (χ3v) is 4.07. The van der Waals surface area contributed by atoms with E-state index in [0.29, 0.717) is 19.4 Å². The molecule has 2 amide bonds. The van der Waals surface area contributed by atoms with Crippen molar-refractivity contribution in [2.75, 3.05) is 13.6 Å². The van der Waals surface area contributed by atoms with E-state index in [9.17, 15) is 9.59 Å². The number of carbonyl (C=O) groups excluding carboxylic acids is 2. The standard InChI is InChI=1S/C13H25N3O2S/c1-6-13(7-2,11(14)19)12(18)15-9(4)10(17)16(5)8-3/h9H,6-8H2,1-5H3,(H2,14,19)(H,15,18). The SMILES string of the molecule is CCN(C)C(=O)C(C)NC(=O)C(CC)(CC)C(N)=S. The van der Waals surface area contributed by atoms with Gasteiger partial charge >= 0.3 is 0 Å². The van der Waals surface area contributed by atoms with Crippen molar-refractivity contribution in [2.45, 2.75) is 46.6 Å². The minimum Gasteiger partial charge on any atom is -0.392 e. The van der Waals surface area contributed by atoms with E-state index in [1.165, 1.54) is 0 Å². The molecule has 0 aliphatic rings. The van der Waals surface area contributed by atoms with Gasteiger partial charge in [-0.15, -0.1) is 0 Å². The van der Waals surface area contributed by atoms with Gasteiger partial charge < -0.3 is 16.0 Å². The Labute approximate surface area is 120 Å². The lowest BCUT2D eigenvalue weighted by Crippen LogP contribution is -2.54. The number of nitrogens with zero attached hydrogens (tertiary/aromatic N) is 1. The monoisotopic (exact) mass is 287 g/mol. The highest BCUT2D eigenvalue weighted by Gasteiger charge is 2.39. The van der Waals surface area contributed by atoms with Gasteiger partial charge in [-0.3, -0.25) is 9.59 Å². The zero-order valence-corrected chi connectivity index (χ0v) is 13.3. The molecule has 19 heavy (non-hydrogen) atoms. The summed E-state index contributed by atoms with van der Waals surface area (Å²) in [5.41, 5.74) is 4.84. The molecule has 0 aliphatic heterocycles. The minimum absolute atomic E-state index is 0.125. The van der Waals surface area contributed by atoms with E-state index in [0.717, 1.165) is 0 Å². The van der Waals surface area contributed by atoms with Crippen LogP contribution in [0.15, 0.2) is 0 Å². The van der Waals surface area contributed by atoms with Crippen LogP contribution >= 0.6 is 12.2 Å². The van der Waals surface area contributed by atoms with E-state index >= 15 is 0 Å². The maximum atomic E-state index is 12.3. The van der Waals surface area contributed by atoms with Crippen LogP contribution in [0.4, 0.5) is 0 Å². The Morgan fingerprint density at radius 1 is 1.32 bits per heavy atom. The molecule has 1 unspecified atom stereocenters. The van der Waals surface area contributed by atoms with Crippen LogP contribution in [-0.2, 0) is 9.59 Å². The van der Waals surface area contributed by atoms with Crippen molar-refractivity contribution in [3.05, 3.63) is 0 Å². The van der Waals surface area contributed by atoms with Crippen molar-refractivity contribution < 1.29 is 9.59 Å². The number of thiocarbonyl (C=S) groups is 1. The largest absolute Gasteiger partial charge is 0.392 e. The zero-order chi connectivity index (χ0) is 15.2. The first-order valence-corrected chi connectivity index (χ1v) is 7.03. The molecular formula is C13H25N3O2S. The Morgan fingerprint density at radius 2 is 1.79 bits per heavy atom. The third kappa shape index (κ3) is 3.89. The van der Waals surface area contributed by atoms with Gasteiger partial charge in [0.15, 0.2) is 0 Å². The Morgan fingerprint density at radius 3 is 2.11 bits per heavy atom. The van der Waals surface area contributed by atoms with Crippen LogP contribution < -0.4 is 11.1 Å². The van der Waals surface area contributed by atoms with Crippen LogP contribution in [0, 0.1) is 5.41 Å². The first-order valence-electron chi connectivity index (χ1n) is 6.62. The number of rotatable bonds is 7. The maximum Gasteiger partial charge on any atom is 0.244 e. The molecule has 3 N–H and O–H groups in total. The molecule has 0 spiro atoms. The molecular weight excluding hydrogens is 262 g/mol. The van der Waals surface area contributed by atoms with E-state index in [1.807, 2.05) is 20.8 Å². The molecule has 0 aromatic rings. The average Bonchev–Trinajstić information content (AvgIpc) is 2.38. The second kappa shape index (κ2) is 7.43. The van der Waals surface area contributed by atoms with Gasteiger partial charge in [0, 0.05) is 13.6 Å². The molecule has 0 aromatic carbocycles. The summed E-state index contributed by atoms with van der Waals surface area (Å²) in [7, 11) is 1.70. The first-order chi connectivity index (χ1) is 8.76. The Kier molecular flexibility index (Phi) is 6.97. The maximum absolute atomic E-state index is 12.3. The van der Waals surface area contributed by atoms with Crippen molar-refractivity contribution >= 4 is 29.0 Å². The van der Waals surface area contributed by atoms with Crippen LogP contribution in [-0.4, -0.2) is 41.3 Å². The number of hydrogen-bond acceptors (Lipinski definition) is 3. The van der Waals surface area contributed by atoms with Gasteiger partial charge in [0.25, 0.3) is 0 Å². The lowest BCUT2D eigenvalue weighted by atomic mass is 9.81. The second-order valence-electron chi connectivity index (χ2n) is 4.70. The van der Waals surface area contributed by atoms with Crippen molar-refractivity contribution in [3.8, 4) is 0 Å². The van der Waals surface area contributed by atoms with Crippen molar-refractivity contribution in [1.29, 1.82) is 0 Å². The van der Waals surface area contributed by atoms with Gasteiger partial charge in [0.2, 0.25) is 11.8 Å². The third-order valence-electron chi connectivity index (χ3n) is 3.68. The second-order valence-corrected chi connectivity index (χ2v) is 5.14. The van der Waals surface area contributed by atoms with E-state index in [4.69, 9.17) is 18.0 Å². The normalized spacial score (nSPS) is 12.7. The van der Waals surface area contributed by atoms with Crippen LogP contribution in [0.1, 0.15) is 40.5 Å². The van der Waals surface area contributed by atoms with Crippen molar-refractivity contribution in [2.24, 2.45) is 11.1 Å². The smallest absolute Gasteiger partial charge is 0.244 e. The van der Waals surface area contributed by atoms with Gasteiger partial charge in [-0.2, -0.15) is 0 Å². The number of hydrogen-bond donors (Lipinski definition) is 2. The molecule has 0 radical (unpaired) electrons. The van der Waals surface area contributed by atoms with Crippen LogP contribution in [0.3, 0.4) is 0 Å². The number of nitrogens with two attached hydrogens (primary N) is 1. The summed E-state index contributed by atoms with van der Waals surface area (Å²) < 4.78 is 0. The fraction of sp³-hybridized carbons (Fsp3) is 0.769. The van der Waals surface area contributed by atoms with Gasteiger partial charge in [-0.05, 0) is 26.7 Å². The Balaban J connectivity index is 4.93. The van der Waals surface area contributed by atoms with Gasteiger partial charge in [-0.1, -0.05) is 26.1 Å².